The van der Waals surface area contributed by atoms with Crippen molar-refractivity contribution in [2.45, 2.75) is 12.5 Å². The van der Waals surface area contributed by atoms with E-state index in [1.807, 2.05) is 0 Å². The third kappa shape index (κ3) is 3.53. The van der Waals surface area contributed by atoms with Gasteiger partial charge in [0.25, 0.3) is 0 Å². The smallest absolute Gasteiger partial charge is 0.414 e. The van der Waals surface area contributed by atoms with Crippen molar-refractivity contribution in [3.05, 3.63) is 54.0 Å². The summed E-state index contributed by atoms with van der Waals surface area (Å²) in [5.41, 5.74) is 1.11. The number of rotatable bonds is 5. The predicted octanol–water partition coefficient (Wildman–Crippen LogP) is 1.90. The van der Waals surface area contributed by atoms with Crippen LogP contribution in [-0.4, -0.2) is 59.3 Å². The van der Waals surface area contributed by atoms with Gasteiger partial charge in [0.15, 0.2) is 5.82 Å². The molecule has 0 spiro atoms. The first-order valence-electron chi connectivity index (χ1n) is 9.50. The molecule has 1 fully saturated rings. The van der Waals surface area contributed by atoms with Crippen molar-refractivity contribution in [3.8, 4) is 22.6 Å². The predicted molar refractivity (Wildman–Crippen MR) is 105 cm³/mol. The molecule has 11 nitrogen and oxygen atoms in total. The monoisotopic (exact) mass is 439 g/mol. The molecule has 4 heterocycles. The van der Waals surface area contributed by atoms with E-state index < -0.39 is 23.8 Å². The highest BCUT2D eigenvalue weighted by Gasteiger charge is 2.34. The quantitative estimate of drug-likeness (QED) is 0.500. The van der Waals surface area contributed by atoms with E-state index in [9.17, 15) is 13.6 Å². The van der Waals surface area contributed by atoms with Crippen LogP contribution < -0.4 is 4.90 Å². The Morgan fingerprint density at radius 2 is 2.03 bits per heavy atom. The molecule has 1 N–H and O–H groups in total. The molecule has 1 saturated heterocycles. The van der Waals surface area contributed by atoms with Crippen molar-refractivity contribution in [1.82, 2.24) is 40.6 Å². The second kappa shape index (κ2) is 7.76. The van der Waals surface area contributed by atoms with E-state index in [0.29, 0.717) is 23.6 Å². The minimum atomic E-state index is -0.831. The second-order valence-corrected chi connectivity index (χ2v) is 7.12. The summed E-state index contributed by atoms with van der Waals surface area (Å²) in [6.07, 6.45) is 1.99. The van der Waals surface area contributed by atoms with Gasteiger partial charge in [0, 0.05) is 25.2 Å². The van der Waals surface area contributed by atoms with Gasteiger partial charge in [-0.2, -0.15) is 15.4 Å². The Bertz CT molecular complexity index is 1250. The number of aromatic nitrogens is 8. The minimum absolute atomic E-state index is 0.0612. The van der Waals surface area contributed by atoms with Crippen LogP contribution in [0.1, 0.15) is 5.69 Å². The molecule has 0 bridgehead atoms. The highest BCUT2D eigenvalue weighted by Crippen LogP contribution is 2.32. The van der Waals surface area contributed by atoms with Crippen LogP contribution in [0, 0.1) is 11.6 Å². The van der Waals surface area contributed by atoms with Crippen molar-refractivity contribution >= 4 is 11.8 Å². The first-order chi connectivity index (χ1) is 15.5. The van der Waals surface area contributed by atoms with Crippen molar-refractivity contribution in [2.75, 3.05) is 11.4 Å². The Morgan fingerprint density at radius 1 is 1.22 bits per heavy atom. The second-order valence-electron chi connectivity index (χ2n) is 7.12. The number of amides is 1. The Hall–Kier alpha value is -4.29. The number of anilines is 1. The van der Waals surface area contributed by atoms with Gasteiger partial charge in [0.2, 0.25) is 0 Å². The number of ether oxygens (including phenoxy) is 1. The molecule has 5 rings (SSSR count). The van der Waals surface area contributed by atoms with Gasteiger partial charge in [-0.3, -0.25) is 9.88 Å². The fourth-order valence-electron chi connectivity index (χ4n) is 3.51. The van der Waals surface area contributed by atoms with E-state index in [0.717, 1.165) is 12.1 Å². The zero-order chi connectivity index (χ0) is 22.2. The van der Waals surface area contributed by atoms with Gasteiger partial charge in [0.05, 0.1) is 29.7 Å². The molecule has 1 aliphatic rings. The number of tetrazole rings is 1. The number of nitrogens with one attached hydrogen (secondary N) is 1. The fourth-order valence-corrected chi connectivity index (χ4v) is 3.51. The number of H-pyrrole nitrogens is 1. The zero-order valence-electron chi connectivity index (χ0n) is 16.6. The first kappa shape index (κ1) is 19.7. The number of carbonyl (C=O) groups is 1. The topological polar surface area (TPSA) is 128 Å². The Morgan fingerprint density at radius 3 is 2.66 bits per heavy atom. The van der Waals surface area contributed by atoms with Crippen LogP contribution in [0.25, 0.3) is 22.6 Å². The number of halogens is 2. The van der Waals surface area contributed by atoms with Gasteiger partial charge >= 0.3 is 6.09 Å². The Kier molecular flexibility index (Phi) is 4.77. The lowest BCUT2D eigenvalue weighted by molar-refractivity contribution is 0.141. The first-order valence-corrected chi connectivity index (χ1v) is 9.50. The molecular formula is C19H15F2N9O2. The average Bonchev–Trinajstić information content (AvgIpc) is 3.50. The van der Waals surface area contributed by atoms with E-state index in [2.05, 4.69) is 35.9 Å². The number of benzene rings is 1. The van der Waals surface area contributed by atoms with Gasteiger partial charge in [0.1, 0.15) is 23.4 Å². The minimum Gasteiger partial charge on any atom is -0.444 e. The lowest BCUT2D eigenvalue weighted by Gasteiger charge is -2.15. The van der Waals surface area contributed by atoms with E-state index in [1.165, 1.54) is 28.0 Å². The summed E-state index contributed by atoms with van der Waals surface area (Å²) in [5, 5.41) is 21.2. The third-order valence-corrected chi connectivity index (χ3v) is 5.02. The Balaban J connectivity index is 1.39. The maximum Gasteiger partial charge on any atom is 0.414 e. The van der Waals surface area contributed by atoms with E-state index in [-0.39, 0.29) is 23.4 Å². The maximum absolute atomic E-state index is 14.9. The molecule has 1 aliphatic heterocycles. The number of cyclic esters (lactones) is 1. The molecule has 4 aromatic rings. The van der Waals surface area contributed by atoms with Crippen LogP contribution >= 0.6 is 0 Å². The molecular weight excluding hydrogens is 424 g/mol. The van der Waals surface area contributed by atoms with Crippen LogP contribution in [0.3, 0.4) is 0 Å². The van der Waals surface area contributed by atoms with Gasteiger partial charge < -0.3 is 4.74 Å². The molecule has 162 valence electrons. The molecule has 0 aliphatic carbocycles. The van der Waals surface area contributed by atoms with Crippen LogP contribution in [0.15, 0.2) is 36.7 Å². The fraction of sp³-hybridized carbons (Fsp3) is 0.211. The SMILES string of the molecule is Cn1nnnc1-c1ccc(-c2c(F)cc(N3C[C@@H](Cc4cn[nH]n4)OC3=O)cc2F)cn1. The Labute approximate surface area is 179 Å². The van der Waals surface area contributed by atoms with Crippen molar-refractivity contribution in [1.29, 1.82) is 0 Å². The molecule has 13 heteroatoms. The summed E-state index contributed by atoms with van der Waals surface area (Å²) in [6.45, 7) is 0.131. The average molecular weight is 439 g/mol. The number of pyridine rings is 1. The van der Waals surface area contributed by atoms with Crippen molar-refractivity contribution < 1.29 is 18.3 Å². The molecule has 0 unspecified atom stereocenters. The lowest BCUT2D eigenvalue weighted by atomic mass is 10.0. The van der Waals surface area contributed by atoms with E-state index in [1.54, 1.807) is 13.1 Å². The van der Waals surface area contributed by atoms with Gasteiger partial charge in [-0.05, 0) is 28.6 Å². The molecule has 1 atom stereocenters. The lowest BCUT2D eigenvalue weighted by Crippen LogP contribution is -2.25. The molecule has 1 amide bonds. The molecule has 32 heavy (non-hydrogen) atoms. The summed E-state index contributed by atoms with van der Waals surface area (Å²) in [7, 11) is 1.66. The molecule has 3 aromatic heterocycles. The number of carbonyl (C=O) groups excluding carboxylic acids is 1. The normalized spacial score (nSPS) is 15.9. The molecule has 1 aromatic carbocycles. The maximum atomic E-state index is 14.9. The number of hydrogen-bond acceptors (Lipinski definition) is 8. The van der Waals surface area contributed by atoms with Crippen LogP contribution in [-0.2, 0) is 18.2 Å². The molecule has 0 radical (unpaired) electrons. The summed E-state index contributed by atoms with van der Waals surface area (Å²) in [5.74, 6) is -1.24. The van der Waals surface area contributed by atoms with E-state index >= 15 is 0 Å². The largest absolute Gasteiger partial charge is 0.444 e. The van der Waals surface area contributed by atoms with Crippen LogP contribution in [0.4, 0.5) is 19.3 Å². The van der Waals surface area contributed by atoms with Crippen molar-refractivity contribution in [3.63, 3.8) is 0 Å². The summed E-state index contributed by atoms with van der Waals surface area (Å²) < 4.78 is 36.5. The van der Waals surface area contributed by atoms with E-state index in [4.69, 9.17) is 4.74 Å². The van der Waals surface area contributed by atoms with Crippen LogP contribution in [0.2, 0.25) is 0 Å². The van der Waals surface area contributed by atoms with Crippen LogP contribution in [0.5, 0.6) is 0 Å². The van der Waals surface area contributed by atoms with Gasteiger partial charge in [-0.1, -0.05) is 6.07 Å². The third-order valence-electron chi connectivity index (χ3n) is 5.02. The standard InChI is InChI=1S/C19H15F2N9O2/c1-29-18(25-27-28-29)16-3-2-10(7-22-16)17-14(20)5-12(6-15(17)21)30-9-13(32-19(30)31)4-11-8-23-26-24-11/h2-3,5-8,13H,4,9H2,1H3,(H,23,24,26)/t13-/m1/s1. The highest BCUT2D eigenvalue weighted by molar-refractivity contribution is 5.90. The summed E-state index contributed by atoms with van der Waals surface area (Å²) in [6, 6.07) is 5.29. The molecule has 0 saturated carbocycles. The summed E-state index contributed by atoms with van der Waals surface area (Å²) in [4.78, 5) is 17.6. The zero-order valence-corrected chi connectivity index (χ0v) is 16.6. The number of aromatic amines is 1. The number of hydrogen-bond donors (Lipinski definition) is 1. The van der Waals surface area contributed by atoms with Gasteiger partial charge in [-0.25, -0.2) is 18.3 Å². The highest BCUT2D eigenvalue weighted by atomic mass is 19.1. The van der Waals surface area contributed by atoms with Gasteiger partial charge in [-0.15, -0.1) is 5.10 Å². The van der Waals surface area contributed by atoms with Crippen molar-refractivity contribution in [2.24, 2.45) is 7.05 Å². The number of nitrogens with zero attached hydrogens (tertiary/aromatic N) is 8. The number of aryl methyl sites for hydroxylation is 1. The summed E-state index contributed by atoms with van der Waals surface area (Å²) >= 11 is 0.